The second-order valence-electron chi connectivity index (χ2n) is 8.10. The molecule has 162 valence electrons. The number of hydrogen-bond donors (Lipinski definition) is 2. The van der Waals surface area contributed by atoms with Crippen molar-refractivity contribution in [2.75, 3.05) is 0 Å². The summed E-state index contributed by atoms with van der Waals surface area (Å²) in [6, 6.07) is 28.5. The van der Waals surface area contributed by atoms with Gasteiger partial charge in [0.25, 0.3) is 0 Å². The van der Waals surface area contributed by atoms with Crippen LogP contribution in [0.15, 0.2) is 91.1 Å². The number of fused-ring (bicyclic) bond motifs is 9. The lowest BCUT2D eigenvalue weighted by atomic mass is 10.2. The van der Waals surface area contributed by atoms with Gasteiger partial charge in [0.1, 0.15) is 0 Å². The third-order valence-corrected chi connectivity index (χ3v) is 5.55. The Bertz CT molecular complexity index is 1570. The monoisotopic (exact) mass is 439 g/mol. The van der Waals surface area contributed by atoms with Crippen molar-refractivity contribution >= 4 is 57.3 Å². The number of nitrogens with zero attached hydrogens (tertiary/aromatic N) is 3. The fraction of sp³-hybridized carbons (Fsp3) is 0. The highest BCUT2D eigenvalue weighted by Gasteiger charge is 2.02. The molecule has 0 saturated carbocycles. The Morgan fingerprint density at radius 2 is 0.971 bits per heavy atom. The molecule has 2 aliphatic heterocycles. The van der Waals surface area contributed by atoms with E-state index in [-0.39, 0.29) is 0 Å². The van der Waals surface area contributed by atoms with Crippen LogP contribution in [0.25, 0.3) is 57.3 Å². The van der Waals surface area contributed by atoms with Gasteiger partial charge >= 0.3 is 0 Å². The SMILES string of the molecule is C1=Cc2cc3ccc(cc4ccc(cc5nc(cc1n2)C=C5)[nH]4)[nH]3.c1ccc2ncccc2c1. The molecule has 0 atom stereocenters. The van der Waals surface area contributed by atoms with Gasteiger partial charge in [-0.3, -0.25) is 4.98 Å². The van der Waals surface area contributed by atoms with E-state index in [1.807, 2.05) is 73.0 Å². The summed E-state index contributed by atoms with van der Waals surface area (Å²) >= 11 is 0. The van der Waals surface area contributed by atoms with Crippen molar-refractivity contribution in [3.05, 3.63) is 114 Å². The van der Waals surface area contributed by atoms with Gasteiger partial charge in [0.05, 0.1) is 28.3 Å². The van der Waals surface area contributed by atoms with Gasteiger partial charge in [0.15, 0.2) is 0 Å². The van der Waals surface area contributed by atoms with Crippen molar-refractivity contribution in [1.29, 1.82) is 0 Å². The summed E-state index contributed by atoms with van der Waals surface area (Å²) in [7, 11) is 0. The van der Waals surface area contributed by atoms with Gasteiger partial charge in [-0.1, -0.05) is 24.3 Å². The van der Waals surface area contributed by atoms with Crippen LogP contribution in [0.5, 0.6) is 0 Å². The van der Waals surface area contributed by atoms with Crippen molar-refractivity contribution in [2.45, 2.75) is 0 Å². The second-order valence-corrected chi connectivity index (χ2v) is 8.10. The summed E-state index contributed by atoms with van der Waals surface area (Å²) < 4.78 is 0. The highest BCUT2D eigenvalue weighted by Crippen LogP contribution is 2.17. The molecule has 0 unspecified atom stereocenters. The molecule has 0 fully saturated rings. The summed E-state index contributed by atoms with van der Waals surface area (Å²) in [4.78, 5) is 20.2. The third kappa shape index (κ3) is 4.40. The average Bonchev–Trinajstić information content (AvgIpc) is 3.66. The van der Waals surface area contributed by atoms with Gasteiger partial charge in [-0.15, -0.1) is 0 Å². The van der Waals surface area contributed by atoms with E-state index in [9.17, 15) is 0 Å². The molecule has 2 N–H and O–H groups in total. The van der Waals surface area contributed by atoms with Gasteiger partial charge in [-0.25, -0.2) is 9.97 Å². The number of pyridine rings is 1. The quantitative estimate of drug-likeness (QED) is 0.270. The molecule has 5 heteroatoms. The van der Waals surface area contributed by atoms with Crippen LogP contribution in [0.3, 0.4) is 0 Å². The first-order valence-electron chi connectivity index (χ1n) is 11.1. The van der Waals surface area contributed by atoms with E-state index in [1.54, 1.807) is 0 Å². The molecule has 34 heavy (non-hydrogen) atoms. The molecule has 0 aliphatic carbocycles. The lowest BCUT2D eigenvalue weighted by Crippen LogP contribution is -1.77. The van der Waals surface area contributed by atoms with Crippen molar-refractivity contribution in [3.8, 4) is 0 Å². The summed E-state index contributed by atoms with van der Waals surface area (Å²) in [5, 5.41) is 1.20. The number of rotatable bonds is 0. The van der Waals surface area contributed by atoms with Gasteiger partial charge < -0.3 is 9.97 Å². The van der Waals surface area contributed by atoms with Crippen LogP contribution in [-0.2, 0) is 0 Å². The zero-order valence-corrected chi connectivity index (χ0v) is 18.3. The molecule has 5 aromatic rings. The smallest absolute Gasteiger partial charge is 0.0701 e. The number of para-hydroxylation sites is 1. The summed E-state index contributed by atoms with van der Waals surface area (Å²) in [5.41, 5.74) is 8.92. The molecular weight excluding hydrogens is 418 g/mol. The van der Waals surface area contributed by atoms with Crippen LogP contribution in [0.1, 0.15) is 22.8 Å². The molecule has 0 radical (unpaired) electrons. The first kappa shape index (κ1) is 19.9. The Hall–Kier alpha value is -4.77. The molecule has 5 nitrogen and oxygen atoms in total. The molecule has 1 aromatic carbocycles. The van der Waals surface area contributed by atoms with Gasteiger partial charge in [0.2, 0.25) is 0 Å². The summed E-state index contributed by atoms with van der Waals surface area (Å²) in [6.07, 6.45) is 9.86. The molecule has 4 aromatic heterocycles. The molecule has 8 bridgehead atoms. The van der Waals surface area contributed by atoms with Crippen molar-refractivity contribution < 1.29 is 0 Å². The number of H-pyrrole nitrogens is 2. The number of aromatic nitrogens is 5. The zero-order chi connectivity index (χ0) is 22.7. The first-order chi connectivity index (χ1) is 16.8. The molecule has 6 heterocycles. The predicted molar refractivity (Wildman–Crippen MR) is 141 cm³/mol. The van der Waals surface area contributed by atoms with Crippen molar-refractivity contribution in [2.24, 2.45) is 0 Å². The van der Waals surface area contributed by atoms with Crippen molar-refractivity contribution in [3.63, 3.8) is 0 Å². The average molecular weight is 440 g/mol. The van der Waals surface area contributed by atoms with E-state index in [0.717, 1.165) is 50.4 Å². The number of nitrogens with one attached hydrogen (secondary N) is 2. The molecule has 0 saturated heterocycles. The summed E-state index contributed by atoms with van der Waals surface area (Å²) in [6.45, 7) is 0. The fourth-order valence-corrected chi connectivity index (χ4v) is 3.96. The largest absolute Gasteiger partial charge is 0.355 e. The van der Waals surface area contributed by atoms with E-state index in [0.29, 0.717) is 0 Å². The molecule has 0 spiro atoms. The molecule has 2 aliphatic rings. The number of hydrogen-bond acceptors (Lipinski definition) is 3. The Kier molecular flexibility index (Phi) is 5.05. The standard InChI is InChI=1S/C20H14N4.C9H7N/c1-2-14-10-16-5-6-18(23-16)12-20-8-7-19(24-20)11-17-4-3-15(22-17)9-13(1)21-14;1-2-6-9-8(4-1)5-3-7-10-9/h1-12,21-22H;1-7H. The Balaban J connectivity index is 0.000000182. The van der Waals surface area contributed by atoms with E-state index >= 15 is 0 Å². The van der Waals surface area contributed by atoms with Crippen LogP contribution in [0, 0.1) is 0 Å². The topological polar surface area (TPSA) is 70.2 Å². The minimum Gasteiger partial charge on any atom is -0.355 e. The van der Waals surface area contributed by atoms with E-state index < -0.39 is 0 Å². The molecular formula is C29H21N5. The van der Waals surface area contributed by atoms with Crippen LogP contribution < -0.4 is 0 Å². The normalized spacial score (nSPS) is 11.9. The van der Waals surface area contributed by atoms with Crippen LogP contribution in [-0.4, -0.2) is 24.9 Å². The van der Waals surface area contributed by atoms with E-state index in [1.165, 1.54) is 5.39 Å². The first-order valence-corrected chi connectivity index (χ1v) is 11.1. The van der Waals surface area contributed by atoms with Crippen LogP contribution in [0.4, 0.5) is 0 Å². The third-order valence-electron chi connectivity index (χ3n) is 5.55. The van der Waals surface area contributed by atoms with Gasteiger partial charge in [0, 0.05) is 33.6 Å². The number of benzene rings is 1. The predicted octanol–water partition coefficient (Wildman–Crippen LogP) is 6.89. The molecule has 7 rings (SSSR count). The maximum Gasteiger partial charge on any atom is 0.0701 e. The van der Waals surface area contributed by atoms with E-state index in [4.69, 9.17) is 0 Å². The Labute approximate surface area is 196 Å². The van der Waals surface area contributed by atoms with Gasteiger partial charge in [-0.05, 0) is 85.0 Å². The molecule has 0 amide bonds. The van der Waals surface area contributed by atoms with Crippen molar-refractivity contribution in [1.82, 2.24) is 24.9 Å². The highest BCUT2D eigenvalue weighted by atomic mass is 14.8. The summed E-state index contributed by atoms with van der Waals surface area (Å²) in [5.74, 6) is 0. The van der Waals surface area contributed by atoms with Gasteiger partial charge in [-0.2, -0.15) is 0 Å². The number of aromatic amines is 2. The minimum atomic E-state index is 0.915. The van der Waals surface area contributed by atoms with Crippen LogP contribution in [0.2, 0.25) is 0 Å². The maximum absolute atomic E-state index is 4.62. The maximum atomic E-state index is 4.62. The Morgan fingerprint density at radius 1 is 0.471 bits per heavy atom. The minimum absolute atomic E-state index is 0.915. The lowest BCUT2D eigenvalue weighted by molar-refractivity contribution is 1.28. The Morgan fingerprint density at radius 3 is 1.56 bits per heavy atom. The lowest BCUT2D eigenvalue weighted by Gasteiger charge is -1.91. The van der Waals surface area contributed by atoms with E-state index in [2.05, 4.69) is 67.4 Å². The second kappa shape index (κ2) is 8.64. The highest BCUT2D eigenvalue weighted by molar-refractivity contribution is 5.78. The fourth-order valence-electron chi connectivity index (χ4n) is 3.96. The van der Waals surface area contributed by atoms with Crippen LogP contribution >= 0.6 is 0 Å². The zero-order valence-electron chi connectivity index (χ0n) is 18.3.